The summed E-state index contributed by atoms with van der Waals surface area (Å²) in [5.74, 6) is -0.279. The molecule has 0 aliphatic rings. The van der Waals surface area contributed by atoms with Crippen LogP contribution in [0.1, 0.15) is 21.5 Å². The topological polar surface area (TPSA) is 87.0 Å². The Hall–Kier alpha value is -3.21. The van der Waals surface area contributed by atoms with Gasteiger partial charge in [0.2, 0.25) is 9.84 Å². The van der Waals surface area contributed by atoms with Gasteiger partial charge in [-0.2, -0.15) is 5.26 Å². The van der Waals surface area contributed by atoms with Gasteiger partial charge in [0.25, 0.3) is 5.91 Å². The molecule has 3 aromatic rings. The SMILES string of the molecule is Cc1ccc(C(=O)Nc2cccc(C=C(C#N)S(=O)(=O)c3ccc(Br)cc3)c2)cc1. The van der Waals surface area contributed by atoms with Crippen molar-refractivity contribution in [3.05, 3.63) is 98.9 Å². The van der Waals surface area contributed by atoms with Gasteiger partial charge in [-0.3, -0.25) is 4.79 Å². The molecular weight excluding hydrogens is 464 g/mol. The summed E-state index contributed by atoms with van der Waals surface area (Å²) < 4.78 is 26.3. The van der Waals surface area contributed by atoms with Crippen LogP contribution in [0.5, 0.6) is 0 Å². The number of sulfone groups is 1. The standard InChI is InChI=1S/C23H17BrN2O3S/c1-16-5-7-18(8-6-16)23(27)26-20-4-2-3-17(13-20)14-22(15-25)30(28,29)21-11-9-19(24)10-12-21/h2-14H,1H3,(H,26,27). The third-order valence-electron chi connectivity index (χ3n) is 4.28. The smallest absolute Gasteiger partial charge is 0.255 e. The van der Waals surface area contributed by atoms with Crippen LogP contribution in [0.2, 0.25) is 0 Å². The van der Waals surface area contributed by atoms with Crippen LogP contribution in [0, 0.1) is 18.3 Å². The summed E-state index contributed by atoms with van der Waals surface area (Å²) in [5, 5.41) is 12.2. The number of hydrogen-bond donors (Lipinski definition) is 1. The lowest BCUT2D eigenvalue weighted by Crippen LogP contribution is -2.11. The molecule has 0 heterocycles. The minimum absolute atomic E-state index is 0.0299. The average Bonchev–Trinajstić information content (AvgIpc) is 2.73. The van der Waals surface area contributed by atoms with Crippen LogP contribution in [0.4, 0.5) is 5.69 Å². The molecule has 0 unspecified atom stereocenters. The van der Waals surface area contributed by atoms with Gasteiger partial charge in [-0.1, -0.05) is 45.8 Å². The molecule has 0 aromatic heterocycles. The van der Waals surface area contributed by atoms with Crippen molar-refractivity contribution in [2.45, 2.75) is 11.8 Å². The normalized spacial score (nSPS) is 11.6. The van der Waals surface area contributed by atoms with Gasteiger partial charge in [0, 0.05) is 15.7 Å². The minimum Gasteiger partial charge on any atom is -0.322 e. The molecule has 0 spiro atoms. The number of anilines is 1. The minimum atomic E-state index is -3.96. The van der Waals surface area contributed by atoms with Crippen LogP contribution in [0.3, 0.4) is 0 Å². The molecule has 0 saturated carbocycles. The van der Waals surface area contributed by atoms with Gasteiger partial charge in [0.15, 0.2) is 0 Å². The zero-order chi connectivity index (χ0) is 21.7. The van der Waals surface area contributed by atoms with Crippen LogP contribution in [-0.2, 0) is 9.84 Å². The molecule has 5 nitrogen and oxygen atoms in total. The Balaban J connectivity index is 1.87. The van der Waals surface area contributed by atoms with E-state index in [1.165, 1.54) is 18.2 Å². The Labute approximate surface area is 183 Å². The highest BCUT2D eigenvalue weighted by molar-refractivity contribution is 9.10. The van der Waals surface area contributed by atoms with Crippen molar-refractivity contribution in [2.24, 2.45) is 0 Å². The molecule has 1 N–H and O–H groups in total. The van der Waals surface area contributed by atoms with Gasteiger partial charge >= 0.3 is 0 Å². The fourth-order valence-electron chi connectivity index (χ4n) is 2.68. The summed E-state index contributed by atoms with van der Waals surface area (Å²) in [5.41, 5.74) is 2.54. The van der Waals surface area contributed by atoms with E-state index in [1.807, 2.05) is 19.1 Å². The third kappa shape index (κ3) is 5.03. The fourth-order valence-corrected chi connectivity index (χ4v) is 4.10. The molecule has 0 aliphatic carbocycles. The van der Waals surface area contributed by atoms with Crippen molar-refractivity contribution < 1.29 is 13.2 Å². The Bertz CT molecular complexity index is 1260. The number of rotatable bonds is 5. The molecular formula is C23H17BrN2O3S. The number of allylic oxidation sites excluding steroid dienone is 1. The number of benzene rings is 3. The lowest BCUT2D eigenvalue weighted by molar-refractivity contribution is 0.102. The van der Waals surface area contributed by atoms with E-state index < -0.39 is 9.84 Å². The molecule has 0 saturated heterocycles. The van der Waals surface area contributed by atoms with Gasteiger partial charge in [-0.15, -0.1) is 0 Å². The maximum atomic E-state index is 12.8. The summed E-state index contributed by atoms with van der Waals surface area (Å²) in [7, 11) is -3.96. The Kier molecular flexibility index (Phi) is 6.50. The lowest BCUT2D eigenvalue weighted by atomic mass is 10.1. The van der Waals surface area contributed by atoms with Crippen LogP contribution in [-0.4, -0.2) is 14.3 Å². The van der Waals surface area contributed by atoms with E-state index in [-0.39, 0.29) is 15.7 Å². The van der Waals surface area contributed by atoms with Crippen molar-refractivity contribution >= 4 is 43.4 Å². The summed E-state index contributed by atoms with van der Waals surface area (Å²) in [4.78, 5) is 12.1. The monoisotopic (exact) mass is 480 g/mol. The first-order chi connectivity index (χ1) is 14.3. The molecule has 0 atom stereocenters. The highest BCUT2D eigenvalue weighted by Gasteiger charge is 2.20. The Morgan fingerprint density at radius 2 is 1.70 bits per heavy atom. The molecule has 7 heteroatoms. The summed E-state index contributed by atoms with van der Waals surface area (Å²) in [6, 6.07) is 21.6. The van der Waals surface area contributed by atoms with Crippen LogP contribution >= 0.6 is 15.9 Å². The Morgan fingerprint density at radius 3 is 2.33 bits per heavy atom. The van der Waals surface area contributed by atoms with Gasteiger partial charge in [-0.25, -0.2) is 8.42 Å². The number of nitriles is 1. The van der Waals surface area contributed by atoms with Crippen LogP contribution in [0.15, 0.2) is 87.1 Å². The zero-order valence-electron chi connectivity index (χ0n) is 16.0. The first-order valence-electron chi connectivity index (χ1n) is 8.90. The van der Waals surface area contributed by atoms with Gasteiger partial charge in [0.1, 0.15) is 11.0 Å². The third-order valence-corrected chi connectivity index (χ3v) is 6.49. The molecule has 0 aliphatic heterocycles. The molecule has 0 radical (unpaired) electrons. The van der Waals surface area contributed by atoms with E-state index >= 15 is 0 Å². The summed E-state index contributed by atoms with van der Waals surface area (Å²) in [6.45, 7) is 1.94. The fraction of sp³-hybridized carbons (Fsp3) is 0.0435. The van der Waals surface area contributed by atoms with Crippen LogP contribution in [0.25, 0.3) is 6.08 Å². The van der Waals surface area contributed by atoms with Gasteiger partial charge in [0.05, 0.1) is 4.90 Å². The molecule has 1 amide bonds. The maximum absolute atomic E-state index is 12.8. The van der Waals surface area contributed by atoms with Gasteiger partial charge < -0.3 is 5.32 Å². The number of nitrogens with zero attached hydrogens (tertiary/aromatic N) is 1. The summed E-state index contributed by atoms with van der Waals surface area (Å²) >= 11 is 3.26. The zero-order valence-corrected chi connectivity index (χ0v) is 18.4. The van der Waals surface area contributed by atoms with Crippen molar-refractivity contribution in [1.29, 1.82) is 5.26 Å². The highest BCUT2D eigenvalue weighted by Crippen LogP contribution is 2.24. The molecule has 0 fully saturated rings. The predicted octanol–water partition coefficient (Wildman–Crippen LogP) is 5.35. The maximum Gasteiger partial charge on any atom is 0.255 e. The van der Waals surface area contributed by atoms with E-state index in [4.69, 9.17) is 0 Å². The number of carbonyl (C=O) groups is 1. The van der Waals surface area contributed by atoms with E-state index in [0.717, 1.165) is 10.0 Å². The second-order valence-corrected chi connectivity index (χ2v) is 9.36. The highest BCUT2D eigenvalue weighted by atomic mass is 79.9. The van der Waals surface area contributed by atoms with E-state index in [0.29, 0.717) is 16.8 Å². The molecule has 150 valence electrons. The number of amides is 1. The summed E-state index contributed by atoms with van der Waals surface area (Å²) in [6.07, 6.45) is 1.29. The second kappa shape index (κ2) is 9.08. The number of hydrogen-bond acceptors (Lipinski definition) is 4. The predicted molar refractivity (Wildman–Crippen MR) is 120 cm³/mol. The molecule has 30 heavy (non-hydrogen) atoms. The number of halogens is 1. The van der Waals surface area contributed by atoms with Crippen molar-refractivity contribution in [1.82, 2.24) is 0 Å². The van der Waals surface area contributed by atoms with Gasteiger partial charge in [-0.05, 0) is 67.1 Å². The van der Waals surface area contributed by atoms with Crippen molar-refractivity contribution in [3.8, 4) is 6.07 Å². The molecule has 3 aromatic carbocycles. The first kappa shape index (κ1) is 21.5. The first-order valence-corrected chi connectivity index (χ1v) is 11.2. The quantitative estimate of drug-likeness (QED) is 0.498. The number of carbonyl (C=O) groups excluding carboxylic acids is 1. The Morgan fingerprint density at radius 1 is 1.03 bits per heavy atom. The molecule has 3 rings (SSSR count). The largest absolute Gasteiger partial charge is 0.322 e. The number of nitrogens with one attached hydrogen (secondary N) is 1. The van der Waals surface area contributed by atoms with E-state index in [1.54, 1.807) is 54.6 Å². The second-order valence-electron chi connectivity index (χ2n) is 6.52. The van der Waals surface area contributed by atoms with Crippen molar-refractivity contribution in [2.75, 3.05) is 5.32 Å². The average molecular weight is 481 g/mol. The number of aryl methyl sites for hydroxylation is 1. The lowest BCUT2D eigenvalue weighted by Gasteiger charge is -2.07. The molecule has 0 bridgehead atoms. The van der Waals surface area contributed by atoms with E-state index in [2.05, 4.69) is 21.2 Å². The van der Waals surface area contributed by atoms with Crippen LogP contribution < -0.4 is 5.32 Å². The van der Waals surface area contributed by atoms with E-state index in [9.17, 15) is 18.5 Å². The van der Waals surface area contributed by atoms with Crippen molar-refractivity contribution in [3.63, 3.8) is 0 Å².